The SMILES string of the molecule is COCCOCCNC(CCO)COC. The highest BCUT2D eigenvalue weighted by Gasteiger charge is 2.05. The second-order valence-electron chi connectivity index (χ2n) is 3.22. The Morgan fingerprint density at radius 1 is 1.13 bits per heavy atom. The van der Waals surface area contributed by atoms with Crippen LogP contribution in [0.5, 0.6) is 0 Å². The molecule has 1 atom stereocenters. The zero-order chi connectivity index (χ0) is 11.4. The average molecular weight is 221 g/mol. The highest BCUT2D eigenvalue weighted by atomic mass is 16.5. The summed E-state index contributed by atoms with van der Waals surface area (Å²) in [6.45, 7) is 3.43. The van der Waals surface area contributed by atoms with Gasteiger partial charge in [-0.15, -0.1) is 0 Å². The predicted molar refractivity (Wildman–Crippen MR) is 58.1 cm³/mol. The molecule has 2 N–H and O–H groups in total. The fourth-order valence-corrected chi connectivity index (χ4v) is 1.18. The number of ether oxygens (including phenoxy) is 3. The van der Waals surface area contributed by atoms with E-state index in [-0.39, 0.29) is 12.6 Å². The lowest BCUT2D eigenvalue weighted by molar-refractivity contribution is 0.0682. The summed E-state index contributed by atoms with van der Waals surface area (Å²) in [5.74, 6) is 0. The number of aliphatic hydroxyl groups is 1. The van der Waals surface area contributed by atoms with E-state index in [0.717, 1.165) is 6.54 Å². The van der Waals surface area contributed by atoms with Gasteiger partial charge in [-0.1, -0.05) is 0 Å². The maximum Gasteiger partial charge on any atom is 0.0700 e. The molecule has 0 heterocycles. The third-order valence-corrected chi connectivity index (χ3v) is 1.96. The van der Waals surface area contributed by atoms with Gasteiger partial charge in [-0.2, -0.15) is 0 Å². The second-order valence-corrected chi connectivity index (χ2v) is 3.22. The molecule has 92 valence electrons. The Morgan fingerprint density at radius 2 is 1.93 bits per heavy atom. The number of rotatable bonds is 11. The van der Waals surface area contributed by atoms with Gasteiger partial charge in [-0.05, 0) is 6.42 Å². The van der Waals surface area contributed by atoms with Crippen molar-refractivity contribution < 1.29 is 19.3 Å². The van der Waals surface area contributed by atoms with Crippen LogP contribution in [0.15, 0.2) is 0 Å². The summed E-state index contributed by atoms with van der Waals surface area (Å²) in [5.41, 5.74) is 0. The first-order valence-corrected chi connectivity index (χ1v) is 5.25. The Bertz CT molecular complexity index is 118. The number of methoxy groups -OCH3 is 2. The van der Waals surface area contributed by atoms with Crippen LogP contribution in [0.2, 0.25) is 0 Å². The summed E-state index contributed by atoms with van der Waals surface area (Å²) < 4.78 is 15.2. The van der Waals surface area contributed by atoms with Crippen molar-refractivity contribution in [2.45, 2.75) is 12.5 Å². The molecular weight excluding hydrogens is 198 g/mol. The van der Waals surface area contributed by atoms with Crippen molar-refractivity contribution in [1.29, 1.82) is 0 Å². The Balaban J connectivity index is 3.28. The van der Waals surface area contributed by atoms with Crippen molar-refractivity contribution in [3.05, 3.63) is 0 Å². The Kier molecular flexibility index (Phi) is 11.7. The fourth-order valence-electron chi connectivity index (χ4n) is 1.18. The third-order valence-electron chi connectivity index (χ3n) is 1.96. The van der Waals surface area contributed by atoms with Crippen LogP contribution in [0.3, 0.4) is 0 Å². The molecule has 0 saturated heterocycles. The molecule has 0 radical (unpaired) electrons. The van der Waals surface area contributed by atoms with Gasteiger partial charge in [0.25, 0.3) is 0 Å². The molecule has 0 fully saturated rings. The van der Waals surface area contributed by atoms with E-state index >= 15 is 0 Å². The van der Waals surface area contributed by atoms with Crippen molar-refractivity contribution in [3.8, 4) is 0 Å². The van der Waals surface area contributed by atoms with Crippen LogP contribution < -0.4 is 5.32 Å². The smallest absolute Gasteiger partial charge is 0.0700 e. The normalized spacial score (nSPS) is 13.0. The standard InChI is InChI=1S/C10H23NO4/c1-13-7-8-15-6-4-11-10(3-5-12)9-14-2/h10-12H,3-9H2,1-2H3. The third kappa shape index (κ3) is 10.1. The summed E-state index contributed by atoms with van der Waals surface area (Å²) >= 11 is 0. The van der Waals surface area contributed by atoms with E-state index in [1.807, 2.05) is 0 Å². The van der Waals surface area contributed by atoms with Gasteiger partial charge >= 0.3 is 0 Å². The van der Waals surface area contributed by atoms with E-state index in [1.165, 1.54) is 0 Å². The first-order chi connectivity index (χ1) is 7.35. The minimum absolute atomic E-state index is 0.172. The van der Waals surface area contributed by atoms with E-state index in [0.29, 0.717) is 32.8 Å². The number of hydrogen-bond donors (Lipinski definition) is 2. The van der Waals surface area contributed by atoms with Gasteiger partial charge < -0.3 is 24.6 Å². The van der Waals surface area contributed by atoms with Crippen molar-refractivity contribution >= 4 is 0 Å². The molecule has 0 bridgehead atoms. The Morgan fingerprint density at radius 3 is 2.53 bits per heavy atom. The van der Waals surface area contributed by atoms with Crippen molar-refractivity contribution in [3.63, 3.8) is 0 Å². The summed E-state index contributed by atoms with van der Waals surface area (Å²) in [7, 11) is 3.30. The van der Waals surface area contributed by atoms with Crippen molar-refractivity contribution in [2.75, 3.05) is 53.8 Å². The molecule has 1 unspecified atom stereocenters. The Hall–Kier alpha value is -0.200. The topological polar surface area (TPSA) is 60.0 Å². The minimum Gasteiger partial charge on any atom is -0.396 e. The summed E-state index contributed by atoms with van der Waals surface area (Å²) in [4.78, 5) is 0. The molecule has 0 aromatic heterocycles. The quantitative estimate of drug-likeness (QED) is 0.466. The maximum absolute atomic E-state index is 8.79. The van der Waals surface area contributed by atoms with Crippen LogP contribution in [0.1, 0.15) is 6.42 Å². The van der Waals surface area contributed by atoms with Crippen LogP contribution >= 0.6 is 0 Å². The van der Waals surface area contributed by atoms with Gasteiger partial charge in [0.15, 0.2) is 0 Å². The number of nitrogens with one attached hydrogen (secondary N) is 1. The van der Waals surface area contributed by atoms with Crippen LogP contribution in [0, 0.1) is 0 Å². The van der Waals surface area contributed by atoms with Crippen LogP contribution in [-0.2, 0) is 14.2 Å². The summed E-state index contributed by atoms with van der Waals surface area (Å²) in [6.07, 6.45) is 0.700. The molecule has 0 aliphatic carbocycles. The molecule has 0 aromatic carbocycles. The lowest BCUT2D eigenvalue weighted by Crippen LogP contribution is -2.36. The summed E-state index contributed by atoms with van der Waals surface area (Å²) in [6, 6.07) is 0.200. The Labute approximate surface area is 91.7 Å². The molecule has 0 saturated carbocycles. The lowest BCUT2D eigenvalue weighted by atomic mass is 10.2. The summed E-state index contributed by atoms with van der Waals surface area (Å²) in [5, 5.41) is 12.0. The van der Waals surface area contributed by atoms with E-state index in [9.17, 15) is 0 Å². The molecule has 0 amide bonds. The van der Waals surface area contributed by atoms with E-state index < -0.39 is 0 Å². The first kappa shape index (κ1) is 14.8. The number of aliphatic hydroxyl groups excluding tert-OH is 1. The average Bonchev–Trinajstić information content (AvgIpc) is 2.24. The molecule has 0 aliphatic heterocycles. The highest BCUT2D eigenvalue weighted by Crippen LogP contribution is 1.91. The van der Waals surface area contributed by atoms with E-state index in [4.69, 9.17) is 19.3 Å². The fraction of sp³-hybridized carbons (Fsp3) is 1.00. The molecule has 0 aromatic rings. The molecule has 0 rings (SSSR count). The molecular formula is C10H23NO4. The zero-order valence-corrected chi connectivity index (χ0v) is 9.70. The van der Waals surface area contributed by atoms with Crippen LogP contribution in [-0.4, -0.2) is 64.9 Å². The van der Waals surface area contributed by atoms with Gasteiger partial charge in [0, 0.05) is 33.4 Å². The van der Waals surface area contributed by atoms with Gasteiger partial charge in [0.2, 0.25) is 0 Å². The molecule has 0 spiro atoms. The van der Waals surface area contributed by atoms with Gasteiger partial charge in [-0.3, -0.25) is 0 Å². The largest absolute Gasteiger partial charge is 0.396 e. The highest BCUT2D eigenvalue weighted by molar-refractivity contribution is 4.64. The van der Waals surface area contributed by atoms with Crippen LogP contribution in [0.4, 0.5) is 0 Å². The molecule has 5 heteroatoms. The van der Waals surface area contributed by atoms with Gasteiger partial charge in [0.1, 0.15) is 0 Å². The zero-order valence-electron chi connectivity index (χ0n) is 9.70. The predicted octanol–water partition coefficient (Wildman–Crippen LogP) is -0.364. The maximum atomic E-state index is 8.79. The van der Waals surface area contributed by atoms with E-state index in [1.54, 1.807) is 14.2 Å². The monoisotopic (exact) mass is 221 g/mol. The van der Waals surface area contributed by atoms with Crippen LogP contribution in [0.25, 0.3) is 0 Å². The first-order valence-electron chi connectivity index (χ1n) is 5.25. The van der Waals surface area contributed by atoms with Crippen molar-refractivity contribution in [1.82, 2.24) is 5.32 Å². The molecule has 5 nitrogen and oxygen atoms in total. The van der Waals surface area contributed by atoms with E-state index in [2.05, 4.69) is 5.32 Å². The van der Waals surface area contributed by atoms with Gasteiger partial charge in [-0.25, -0.2) is 0 Å². The lowest BCUT2D eigenvalue weighted by Gasteiger charge is -2.16. The minimum atomic E-state index is 0.172. The molecule has 0 aliphatic rings. The second kappa shape index (κ2) is 11.9. The molecule has 15 heavy (non-hydrogen) atoms. The van der Waals surface area contributed by atoms with Gasteiger partial charge in [0.05, 0.1) is 26.4 Å². The number of hydrogen-bond acceptors (Lipinski definition) is 5. The van der Waals surface area contributed by atoms with Crippen molar-refractivity contribution in [2.24, 2.45) is 0 Å².